The van der Waals surface area contributed by atoms with Gasteiger partial charge in [-0.05, 0) is 12.1 Å². The molecule has 0 spiro atoms. The number of H-pyrrole nitrogens is 1. The van der Waals surface area contributed by atoms with E-state index >= 15 is 0 Å². The van der Waals surface area contributed by atoms with Gasteiger partial charge in [-0.25, -0.2) is 0 Å². The minimum Gasteiger partial charge on any atom is -0.339 e. The lowest BCUT2D eigenvalue weighted by molar-refractivity contribution is 0.591. The van der Waals surface area contributed by atoms with E-state index in [1.807, 2.05) is 0 Å². The van der Waals surface area contributed by atoms with Crippen LogP contribution in [0.1, 0.15) is 0 Å². The minimum atomic E-state index is -0.282. The normalized spacial score (nSPS) is 7.57. The fourth-order valence-corrected chi connectivity index (χ4v) is 0.308. The Morgan fingerprint density at radius 2 is 2.29 bits per heavy atom. The summed E-state index contributed by atoms with van der Waals surface area (Å²) in [6.45, 7) is 0. The van der Waals surface area contributed by atoms with Crippen molar-refractivity contribution in [1.29, 1.82) is 0 Å². The van der Waals surface area contributed by atoms with E-state index in [4.69, 9.17) is 0 Å². The molecule has 1 N–H and O–H groups in total. The van der Waals surface area contributed by atoms with Crippen molar-refractivity contribution in [3.05, 3.63) is 24.3 Å². The Morgan fingerprint density at radius 1 is 1.57 bits per heavy atom. The number of rotatable bonds is 0. The Hall–Kier alpha value is -0.725. The third-order valence-corrected chi connectivity index (χ3v) is 0.560. The second-order valence-electron chi connectivity index (χ2n) is 1.02. The average molecular weight is 98.9 g/mol. The van der Waals surface area contributed by atoms with Crippen LogP contribution in [0.3, 0.4) is 0 Å². The zero-order valence-electron chi connectivity index (χ0n) is 3.11. The van der Waals surface area contributed by atoms with Crippen LogP contribution in [0.2, 0.25) is 0 Å². The maximum absolute atomic E-state index is 11.6. The molecule has 7 heavy (non-hydrogen) atoms. The van der Waals surface area contributed by atoms with E-state index in [1.54, 1.807) is 6.07 Å². The van der Waals surface area contributed by atoms with E-state index in [9.17, 15) is 4.39 Å². The smallest absolute Gasteiger partial charge is 0.191 e. The molecule has 0 aliphatic heterocycles. The zero-order valence-corrected chi connectivity index (χ0v) is 3.11. The molecule has 0 saturated carbocycles. The van der Waals surface area contributed by atoms with Crippen molar-refractivity contribution in [2.24, 2.45) is 0 Å². The maximum atomic E-state index is 11.6. The highest BCUT2D eigenvalue weighted by Gasteiger charge is 1.77. The predicted octanol–water partition coefficient (Wildman–Crippen LogP) is -0.0301. The number of nitrogens with one attached hydrogen (secondary N) is 1. The molecule has 1 nitrogen and oxygen atoms in total. The first-order chi connectivity index (χ1) is 2.89. The first-order valence-corrected chi connectivity index (χ1v) is 1.68. The lowest BCUT2D eigenvalue weighted by Gasteiger charge is -1.64. The summed E-state index contributed by atoms with van der Waals surface area (Å²) in [7, 11) is 0. The lowest BCUT2D eigenvalue weighted by Crippen LogP contribution is -1.61. The number of aromatic nitrogens is 1. The van der Waals surface area contributed by atoms with Gasteiger partial charge in [-0.2, -0.15) is 4.39 Å². The summed E-state index contributed by atoms with van der Waals surface area (Å²) in [4.78, 5) is 2.33. The van der Waals surface area contributed by atoms with E-state index in [0.717, 1.165) is 0 Å². The molecule has 1 rings (SSSR count). The van der Waals surface area contributed by atoms with Gasteiger partial charge in [0.05, 0.1) is 8.41 Å². The summed E-state index contributed by atoms with van der Waals surface area (Å²) < 4.78 is 11.6. The van der Waals surface area contributed by atoms with Crippen LogP contribution in [-0.2, 0) is 0 Å². The van der Waals surface area contributed by atoms with Crippen LogP contribution >= 0.6 is 0 Å². The van der Waals surface area contributed by atoms with Crippen LogP contribution in [-0.4, -0.2) is 13.4 Å². The SMILES string of the molecule is B.Fc1ccc[nH]1. The molecule has 0 amide bonds. The summed E-state index contributed by atoms with van der Waals surface area (Å²) in [5.41, 5.74) is 0. The van der Waals surface area contributed by atoms with Crippen molar-refractivity contribution >= 4 is 8.41 Å². The van der Waals surface area contributed by atoms with Crippen LogP contribution in [0, 0.1) is 5.95 Å². The van der Waals surface area contributed by atoms with E-state index < -0.39 is 0 Å². The van der Waals surface area contributed by atoms with Gasteiger partial charge >= 0.3 is 0 Å². The fourth-order valence-electron chi connectivity index (χ4n) is 0.308. The van der Waals surface area contributed by atoms with Crippen molar-refractivity contribution in [2.45, 2.75) is 0 Å². The van der Waals surface area contributed by atoms with Gasteiger partial charge in [0.25, 0.3) is 0 Å². The summed E-state index contributed by atoms with van der Waals surface area (Å²) in [6.07, 6.45) is 1.54. The highest BCUT2D eigenvalue weighted by molar-refractivity contribution is 5.75. The molecule has 0 aliphatic rings. The highest BCUT2D eigenvalue weighted by Crippen LogP contribution is 1.86. The van der Waals surface area contributed by atoms with Crippen molar-refractivity contribution in [3.63, 3.8) is 0 Å². The Labute approximate surface area is 43.1 Å². The molecule has 0 aromatic carbocycles. The second kappa shape index (κ2) is 2.45. The molecular formula is C4H7BFN. The summed E-state index contributed by atoms with van der Waals surface area (Å²) in [5.74, 6) is -0.282. The van der Waals surface area contributed by atoms with Crippen LogP contribution < -0.4 is 0 Å². The van der Waals surface area contributed by atoms with Gasteiger partial charge in [-0.15, -0.1) is 0 Å². The lowest BCUT2D eigenvalue weighted by atomic mass is 10.7. The van der Waals surface area contributed by atoms with Gasteiger partial charge in [0.2, 0.25) is 0 Å². The molecule has 0 radical (unpaired) electrons. The van der Waals surface area contributed by atoms with E-state index in [2.05, 4.69) is 4.98 Å². The van der Waals surface area contributed by atoms with Crippen molar-refractivity contribution < 1.29 is 4.39 Å². The molecule has 1 heterocycles. The Bertz CT molecular complexity index is 115. The molecule has 3 heteroatoms. The number of aromatic amines is 1. The van der Waals surface area contributed by atoms with Crippen LogP contribution in [0.5, 0.6) is 0 Å². The number of halogens is 1. The molecule has 1 aromatic rings. The van der Waals surface area contributed by atoms with Crippen molar-refractivity contribution in [1.82, 2.24) is 4.98 Å². The fraction of sp³-hybridized carbons (Fsp3) is 0. The molecule has 0 saturated heterocycles. The third-order valence-electron chi connectivity index (χ3n) is 0.560. The number of hydrogen-bond acceptors (Lipinski definition) is 0. The Morgan fingerprint density at radius 3 is 2.43 bits per heavy atom. The Kier molecular flexibility index (Phi) is 2.19. The van der Waals surface area contributed by atoms with Crippen molar-refractivity contribution in [3.8, 4) is 0 Å². The molecule has 38 valence electrons. The third kappa shape index (κ3) is 1.44. The van der Waals surface area contributed by atoms with Gasteiger partial charge in [-0.3, -0.25) is 0 Å². The van der Waals surface area contributed by atoms with E-state index in [-0.39, 0.29) is 14.4 Å². The van der Waals surface area contributed by atoms with E-state index in [1.165, 1.54) is 12.3 Å². The van der Waals surface area contributed by atoms with Crippen LogP contribution in [0.15, 0.2) is 18.3 Å². The molecule has 0 unspecified atom stereocenters. The maximum Gasteiger partial charge on any atom is 0.191 e. The minimum absolute atomic E-state index is 0. The topological polar surface area (TPSA) is 15.8 Å². The molecule has 0 bridgehead atoms. The quantitative estimate of drug-likeness (QED) is 0.439. The predicted molar refractivity (Wildman–Crippen MR) is 30.7 cm³/mol. The van der Waals surface area contributed by atoms with Gasteiger partial charge in [0.15, 0.2) is 5.95 Å². The molecular weight excluding hydrogens is 91.9 g/mol. The largest absolute Gasteiger partial charge is 0.339 e. The molecule has 0 atom stereocenters. The highest BCUT2D eigenvalue weighted by atomic mass is 19.1. The standard InChI is InChI=1S/C4H4FN.BH3/c5-4-2-1-3-6-4;/h1-3,6H;1H3. The first kappa shape index (κ1) is 6.27. The Balaban J connectivity index is 0.000000360. The summed E-state index contributed by atoms with van der Waals surface area (Å²) in [6, 6.07) is 2.97. The average Bonchev–Trinajstić information content (AvgIpc) is 1.86. The first-order valence-electron chi connectivity index (χ1n) is 1.68. The van der Waals surface area contributed by atoms with Crippen LogP contribution in [0.25, 0.3) is 0 Å². The summed E-state index contributed by atoms with van der Waals surface area (Å²) >= 11 is 0. The molecule has 0 fully saturated rings. The van der Waals surface area contributed by atoms with Crippen molar-refractivity contribution in [2.75, 3.05) is 0 Å². The second-order valence-corrected chi connectivity index (χ2v) is 1.02. The molecule has 0 aliphatic carbocycles. The van der Waals surface area contributed by atoms with E-state index in [0.29, 0.717) is 0 Å². The van der Waals surface area contributed by atoms with Gasteiger partial charge < -0.3 is 4.98 Å². The van der Waals surface area contributed by atoms with Gasteiger partial charge in [-0.1, -0.05) is 0 Å². The van der Waals surface area contributed by atoms with Gasteiger partial charge in [0, 0.05) is 6.20 Å². The molecule has 1 aromatic heterocycles. The summed E-state index contributed by atoms with van der Waals surface area (Å²) in [5, 5.41) is 0. The van der Waals surface area contributed by atoms with Gasteiger partial charge in [0.1, 0.15) is 0 Å². The zero-order chi connectivity index (χ0) is 4.41. The number of hydrogen-bond donors (Lipinski definition) is 1. The van der Waals surface area contributed by atoms with Crippen LogP contribution in [0.4, 0.5) is 4.39 Å². The monoisotopic (exact) mass is 99.1 g/mol.